The molecule has 0 aliphatic rings. The zero-order valence-corrected chi connectivity index (χ0v) is 15.6. The van der Waals surface area contributed by atoms with Crippen molar-refractivity contribution in [2.24, 2.45) is 0 Å². The minimum atomic E-state index is -1.02. The lowest BCUT2D eigenvalue weighted by Gasteiger charge is -2.20. The maximum absolute atomic E-state index is 12.3. The standard InChI is InChI=1S/C19H23NO7/c1-4-25-16(21)11-14(3)18(23)27-19(24)20(13-17(22)26-5-2)12-15-9-7-6-8-10-15/h6-11H,4-5,12-13H2,1-3H3/b14-11+. The molecule has 1 rings (SSSR count). The fourth-order valence-corrected chi connectivity index (χ4v) is 2.00. The van der Waals surface area contributed by atoms with E-state index in [-0.39, 0.29) is 31.9 Å². The Bertz CT molecular complexity index is 697. The van der Waals surface area contributed by atoms with Crippen molar-refractivity contribution in [1.82, 2.24) is 4.90 Å². The third-order valence-electron chi connectivity index (χ3n) is 3.22. The summed E-state index contributed by atoms with van der Waals surface area (Å²) in [5.41, 5.74) is 0.641. The summed E-state index contributed by atoms with van der Waals surface area (Å²) in [6.45, 7) is 4.57. The smallest absolute Gasteiger partial charge is 0.418 e. The monoisotopic (exact) mass is 377 g/mol. The second-order valence-corrected chi connectivity index (χ2v) is 5.38. The van der Waals surface area contributed by atoms with Gasteiger partial charge in [-0.15, -0.1) is 0 Å². The van der Waals surface area contributed by atoms with Crippen molar-refractivity contribution in [2.75, 3.05) is 19.8 Å². The van der Waals surface area contributed by atoms with Crippen molar-refractivity contribution in [1.29, 1.82) is 0 Å². The lowest BCUT2D eigenvalue weighted by Crippen LogP contribution is -2.37. The topological polar surface area (TPSA) is 99.2 Å². The Morgan fingerprint density at radius 2 is 1.63 bits per heavy atom. The number of carbonyl (C=O) groups excluding carboxylic acids is 4. The average molecular weight is 377 g/mol. The predicted octanol–water partition coefficient (Wildman–Crippen LogP) is 2.22. The van der Waals surface area contributed by atoms with Crippen LogP contribution in [0.3, 0.4) is 0 Å². The van der Waals surface area contributed by atoms with Gasteiger partial charge >= 0.3 is 24.0 Å². The van der Waals surface area contributed by atoms with Crippen LogP contribution >= 0.6 is 0 Å². The molecule has 1 amide bonds. The number of carbonyl (C=O) groups is 4. The number of esters is 3. The Morgan fingerprint density at radius 1 is 1.00 bits per heavy atom. The molecule has 27 heavy (non-hydrogen) atoms. The Hall–Kier alpha value is -3.16. The number of nitrogens with zero attached hydrogens (tertiary/aromatic N) is 1. The van der Waals surface area contributed by atoms with Gasteiger partial charge in [0.2, 0.25) is 0 Å². The zero-order chi connectivity index (χ0) is 20.2. The number of benzene rings is 1. The van der Waals surface area contributed by atoms with E-state index in [9.17, 15) is 19.2 Å². The summed E-state index contributed by atoms with van der Waals surface area (Å²) in [7, 11) is 0. The molecule has 0 bridgehead atoms. The highest BCUT2D eigenvalue weighted by Crippen LogP contribution is 2.08. The van der Waals surface area contributed by atoms with E-state index in [2.05, 4.69) is 0 Å². The third kappa shape index (κ3) is 8.17. The van der Waals surface area contributed by atoms with Gasteiger partial charge in [0.1, 0.15) is 6.54 Å². The average Bonchev–Trinajstić information content (AvgIpc) is 2.62. The van der Waals surface area contributed by atoms with Crippen molar-refractivity contribution < 1.29 is 33.4 Å². The van der Waals surface area contributed by atoms with Crippen LogP contribution in [0.1, 0.15) is 26.3 Å². The summed E-state index contributed by atoms with van der Waals surface area (Å²) in [4.78, 5) is 48.5. The van der Waals surface area contributed by atoms with Gasteiger partial charge < -0.3 is 14.2 Å². The summed E-state index contributed by atoms with van der Waals surface area (Å²) in [5, 5.41) is 0. The van der Waals surface area contributed by atoms with Crippen LogP contribution < -0.4 is 0 Å². The van der Waals surface area contributed by atoms with E-state index in [0.717, 1.165) is 16.5 Å². The molecule has 8 heteroatoms. The fraction of sp³-hybridized carbons (Fsp3) is 0.368. The molecule has 0 saturated carbocycles. The molecule has 0 aliphatic heterocycles. The van der Waals surface area contributed by atoms with Crippen molar-refractivity contribution in [3.05, 3.63) is 47.5 Å². The molecule has 0 spiro atoms. The molecule has 0 fully saturated rings. The molecule has 0 aliphatic carbocycles. The molecule has 8 nitrogen and oxygen atoms in total. The molecule has 1 aromatic rings. The van der Waals surface area contributed by atoms with E-state index in [1.807, 2.05) is 6.07 Å². The fourth-order valence-electron chi connectivity index (χ4n) is 2.00. The summed E-state index contributed by atoms with van der Waals surface area (Å²) in [5.74, 6) is -2.35. The number of hydrogen-bond acceptors (Lipinski definition) is 7. The Labute approximate surface area is 157 Å². The van der Waals surface area contributed by atoms with E-state index >= 15 is 0 Å². The molecule has 0 aromatic heterocycles. The summed E-state index contributed by atoms with van der Waals surface area (Å²) in [6, 6.07) is 8.89. The Balaban J connectivity index is 2.84. The quantitative estimate of drug-likeness (QED) is 0.296. The number of hydrogen-bond donors (Lipinski definition) is 0. The van der Waals surface area contributed by atoms with E-state index in [1.165, 1.54) is 6.92 Å². The molecule has 0 heterocycles. The predicted molar refractivity (Wildman–Crippen MR) is 95.4 cm³/mol. The third-order valence-corrected chi connectivity index (χ3v) is 3.22. The van der Waals surface area contributed by atoms with Gasteiger partial charge in [0.15, 0.2) is 0 Å². The van der Waals surface area contributed by atoms with Crippen molar-refractivity contribution in [2.45, 2.75) is 27.3 Å². The molecule has 1 aromatic carbocycles. The lowest BCUT2D eigenvalue weighted by molar-refractivity contribution is -0.145. The van der Waals surface area contributed by atoms with Crippen LogP contribution in [0.25, 0.3) is 0 Å². The largest absolute Gasteiger partial charge is 0.465 e. The second-order valence-electron chi connectivity index (χ2n) is 5.38. The van der Waals surface area contributed by atoms with Gasteiger partial charge in [0, 0.05) is 18.2 Å². The van der Waals surface area contributed by atoms with Crippen molar-refractivity contribution in [3.63, 3.8) is 0 Å². The van der Waals surface area contributed by atoms with Crippen LogP contribution in [0, 0.1) is 0 Å². The van der Waals surface area contributed by atoms with Crippen LogP contribution in [0.4, 0.5) is 4.79 Å². The van der Waals surface area contributed by atoms with Crippen LogP contribution in [0.5, 0.6) is 0 Å². The lowest BCUT2D eigenvalue weighted by atomic mass is 10.2. The van der Waals surface area contributed by atoms with Gasteiger partial charge in [-0.05, 0) is 26.3 Å². The van der Waals surface area contributed by atoms with Gasteiger partial charge in [0.25, 0.3) is 0 Å². The summed E-state index contributed by atoms with van der Waals surface area (Å²) >= 11 is 0. The molecular weight excluding hydrogens is 354 g/mol. The van der Waals surface area contributed by atoms with Crippen molar-refractivity contribution >= 4 is 24.0 Å². The van der Waals surface area contributed by atoms with E-state index in [0.29, 0.717) is 0 Å². The molecule has 0 saturated heterocycles. The Morgan fingerprint density at radius 3 is 2.22 bits per heavy atom. The molecular formula is C19H23NO7. The van der Waals surface area contributed by atoms with Gasteiger partial charge in [-0.25, -0.2) is 14.4 Å². The summed E-state index contributed by atoms with van der Waals surface area (Å²) < 4.78 is 14.3. The summed E-state index contributed by atoms with van der Waals surface area (Å²) in [6.07, 6.45) is -0.0834. The van der Waals surface area contributed by atoms with E-state index < -0.39 is 24.0 Å². The van der Waals surface area contributed by atoms with Crippen LogP contribution in [-0.4, -0.2) is 48.7 Å². The van der Waals surface area contributed by atoms with Gasteiger partial charge in [-0.1, -0.05) is 30.3 Å². The van der Waals surface area contributed by atoms with Crippen LogP contribution in [0.15, 0.2) is 42.0 Å². The highest BCUT2D eigenvalue weighted by molar-refractivity contribution is 6.00. The van der Waals surface area contributed by atoms with Crippen molar-refractivity contribution in [3.8, 4) is 0 Å². The van der Waals surface area contributed by atoms with E-state index in [1.54, 1.807) is 38.1 Å². The zero-order valence-electron chi connectivity index (χ0n) is 15.6. The number of amides is 1. The van der Waals surface area contributed by atoms with Crippen LogP contribution in [-0.2, 0) is 35.1 Å². The number of rotatable bonds is 8. The minimum absolute atomic E-state index is 0.0480. The highest BCUT2D eigenvalue weighted by atomic mass is 16.6. The van der Waals surface area contributed by atoms with E-state index in [4.69, 9.17) is 14.2 Å². The first-order valence-corrected chi connectivity index (χ1v) is 8.43. The van der Waals surface area contributed by atoms with Gasteiger partial charge in [0.05, 0.1) is 13.2 Å². The molecule has 0 N–H and O–H groups in total. The number of ether oxygens (including phenoxy) is 3. The van der Waals surface area contributed by atoms with Crippen LogP contribution in [0.2, 0.25) is 0 Å². The molecule has 0 radical (unpaired) electrons. The SMILES string of the molecule is CCOC(=O)/C=C(\C)C(=O)OC(=O)N(CC(=O)OCC)Cc1ccccc1. The Kier molecular flexibility index (Phi) is 9.28. The normalized spacial score (nSPS) is 10.7. The molecule has 0 unspecified atom stereocenters. The first kappa shape index (κ1) is 21.9. The second kappa shape index (κ2) is 11.5. The van der Waals surface area contributed by atoms with Gasteiger partial charge in [-0.3, -0.25) is 9.69 Å². The highest BCUT2D eigenvalue weighted by Gasteiger charge is 2.23. The van der Waals surface area contributed by atoms with Gasteiger partial charge in [-0.2, -0.15) is 0 Å². The first-order valence-electron chi connectivity index (χ1n) is 8.43. The minimum Gasteiger partial charge on any atom is -0.465 e. The molecule has 0 atom stereocenters. The first-order chi connectivity index (χ1) is 12.9. The molecule has 146 valence electrons. The maximum Gasteiger partial charge on any atom is 0.418 e. The maximum atomic E-state index is 12.3.